The summed E-state index contributed by atoms with van der Waals surface area (Å²) in [4.78, 5) is 6.40. The van der Waals surface area contributed by atoms with Crippen molar-refractivity contribution in [3.05, 3.63) is 11.7 Å². The number of aromatic nitrogens is 2. The van der Waals surface area contributed by atoms with Gasteiger partial charge in [0, 0.05) is 0 Å². The zero-order chi connectivity index (χ0) is 11.6. The lowest BCUT2D eigenvalue weighted by molar-refractivity contribution is 0.268. The van der Waals surface area contributed by atoms with Crippen LogP contribution in [-0.2, 0) is 12.1 Å². The molecule has 2 N–H and O–H groups in total. The highest BCUT2D eigenvalue weighted by molar-refractivity contribution is 5.05. The van der Waals surface area contributed by atoms with E-state index in [0.717, 1.165) is 25.7 Å². The Morgan fingerprint density at radius 2 is 2.00 bits per heavy atom. The van der Waals surface area contributed by atoms with E-state index in [2.05, 4.69) is 10.1 Å². The molecule has 5 nitrogen and oxygen atoms in total. The first kappa shape index (κ1) is 11.5. The molecule has 5 heteroatoms. The molecule has 90 valence electrons. The highest BCUT2D eigenvalue weighted by Gasteiger charge is 2.34. The predicted octanol–water partition coefficient (Wildman–Crippen LogP) is 1.25. The maximum absolute atomic E-state index is 6.33. The second-order valence-corrected chi connectivity index (χ2v) is 4.97. The summed E-state index contributed by atoms with van der Waals surface area (Å²) in [7, 11) is 3.95. The molecule has 0 bridgehead atoms. The Bertz CT molecular complexity index is 342. The lowest BCUT2D eigenvalue weighted by Crippen LogP contribution is -2.39. The van der Waals surface area contributed by atoms with Crippen molar-refractivity contribution in [3.63, 3.8) is 0 Å². The third-order valence-electron chi connectivity index (χ3n) is 3.11. The van der Waals surface area contributed by atoms with Crippen LogP contribution in [0.1, 0.15) is 43.8 Å². The van der Waals surface area contributed by atoms with Crippen LogP contribution in [0, 0.1) is 0 Å². The van der Waals surface area contributed by atoms with Crippen LogP contribution >= 0.6 is 0 Å². The van der Waals surface area contributed by atoms with Gasteiger partial charge in [-0.15, -0.1) is 0 Å². The number of rotatable bonds is 3. The van der Waals surface area contributed by atoms with Crippen LogP contribution in [0.15, 0.2) is 4.52 Å². The molecule has 0 amide bonds. The van der Waals surface area contributed by atoms with E-state index in [-0.39, 0.29) is 5.54 Å². The van der Waals surface area contributed by atoms with Gasteiger partial charge >= 0.3 is 0 Å². The molecule has 1 heterocycles. The Balaban J connectivity index is 2.10. The van der Waals surface area contributed by atoms with E-state index >= 15 is 0 Å². The zero-order valence-corrected chi connectivity index (χ0v) is 10.1. The maximum atomic E-state index is 6.33. The summed E-state index contributed by atoms with van der Waals surface area (Å²) < 4.78 is 5.21. The largest absolute Gasteiger partial charge is 0.338 e. The summed E-state index contributed by atoms with van der Waals surface area (Å²) in [6.07, 6.45) is 5.52. The van der Waals surface area contributed by atoms with Gasteiger partial charge in [-0.3, -0.25) is 0 Å². The van der Waals surface area contributed by atoms with Gasteiger partial charge in [0.2, 0.25) is 5.89 Å². The maximum Gasteiger partial charge on any atom is 0.240 e. The normalized spacial score (nSPS) is 20.2. The minimum atomic E-state index is -0.355. The Labute approximate surface area is 96.0 Å². The van der Waals surface area contributed by atoms with Crippen LogP contribution in [0.2, 0.25) is 0 Å². The van der Waals surface area contributed by atoms with Gasteiger partial charge in [-0.25, -0.2) is 0 Å². The first-order chi connectivity index (χ1) is 7.60. The summed E-state index contributed by atoms with van der Waals surface area (Å²) >= 11 is 0. The predicted molar refractivity (Wildman–Crippen MR) is 60.6 cm³/mol. The van der Waals surface area contributed by atoms with Gasteiger partial charge in [-0.05, 0) is 26.9 Å². The van der Waals surface area contributed by atoms with Gasteiger partial charge in [0.05, 0.1) is 12.1 Å². The fraction of sp³-hybridized carbons (Fsp3) is 0.818. The molecule has 0 radical (unpaired) electrons. The molecule has 16 heavy (non-hydrogen) atoms. The number of hydrogen-bond acceptors (Lipinski definition) is 5. The minimum absolute atomic E-state index is 0.355. The van der Waals surface area contributed by atoms with Crippen LogP contribution in [0.3, 0.4) is 0 Å². The van der Waals surface area contributed by atoms with Gasteiger partial charge in [-0.1, -0.05) is 24.4 Å². The molecule has 1 saturated carbocycles. The second kappa shape index (κ2) is 4.51. The molecular weight excluding hydrogens is 204 g/mol. The minimum Gasteiger partial charge on any atom is -0.338 e. The SMILES string of the molecule is CN(C)Cc1nc(C2(N)CCCCC2)no1. The van der Waals surface area contributed by atoms with Crippen molar-refractivity contribution in [1.82, 2.24) is 15.0 Å². The van der Waals surface area contributed by atoms with E-state index in [1.54, 1.807) is 0 Å². The molecule has 1 aromatic rings. The van der Waals surface area contributed by atoms with Gasteiger partial charge in [0.1, 0.15) is 0 Å². The second-order valence-electron chi connectivity index (χ2n) is 4.97. The van der Waals surface area contributed by atoms with Crippen LogP contribution < -0.4 is 5.73 Å². The molecule has 2 rings (SSSR count). The summed E-state index contributed by atoms with van der Waals surface area (Å²) in [6, 6.07) is 0. The molecule has 0 spiro atoms. The zero-order valence-electron chi connectivity index (χ0n) is 10.1. The molecule has 1 aromatic heterocycles. The number of hydrogen-bond donors (Lipinski definition) is 1. The van der Waals surface area contributed by atoms with Crippen molar-refractivity contribution in [2.24, 2.45) is 5.73 Å². The number of nitrogens with two attached hydrogens (primary N) is 1. The molecule has 1 fully saturated rings. The summed E-state index contributed by atoms with van der Waals surface area (Å²) in [5.41, 5.74) is 5.97. The third-order valence-corrected chi connectivity index (χ3v) is 3.11. The van der Waals surface area contributed by atoms with Crippen LogP contribution in [0.4, 0.5) is 0 Å². The van der Waals surface area contributed by atoms with Gasteiger partial charge in [0.25, 0.3) is 0 Å². The first-order valence-corrected chi connectivity index (χ1v) is 5.87. The Hall–Kier alpha value is -0.940. The van der Waals surface area contributed by atoms with E-state index in [0.29, 0.717) is 18.3 Å². The lowest BCUT2D eigenvalue weighted by Gasteiger charge is -2.29. The van der Waals surface area contributed by atoms with E-state index in [1.165, 1.54) is 6.42 Å². The van der Waals surface area contributed by atoms with Gasteiger partial charge in [-0.2, -0.15) is 4.98 Å². The highest BCUT2D eigenvalue weighted by Crippen LogP contribution is 2.32. The van der Waals surface area contributed by atoms with Crippen molar-refractivity contribution >= 4 is 0 Å². The Kier molecular flexibility index (Phi) is 3.25. The van der Waals surface area contributed by atoms with Crippen LogP contribution in [-0.4, -0.2) is 29.1 Å². The van der Waals surface area contributed by atoms with Crippen molar-refractivity contribution in [2.45, 2.75) is 44.2 Å². The van der Waals surface area contributed by atoms with Crippen molar-refractivity contribution in [1.29, 1.82) is 0 Å². The number of nitrogens with zero attached hydrogens (tertiary/aromatic N) is 3. The topological polar surface area (TPSA) is 68.2 Å². The fourth-order valence-electron chi connectivity index (χ4n) is 2.20. The molecule has 1 aliphatic carbocycles. The molecule has 0 aromatic carbocycles. The van der Waals surface area contributed by atoms with Gasteiger partial charge in [0.15, 0.2) is 5.82 Å². The average molecular weight is 224 g/mol. The van der Waals surface area contributed by atoms with E-state index in [9.17, 15) is 0 Å². The third kappa shape index (κ3) is 2.41. The van der Waals surface area contributed by atoms with Gasteiger partial charge < -0.3 is 15.2 Å². The Morgan fingerprint density at radius 3 is 2.62 bits per heavy atom. The van der Waals surface area contributed by atoms with E-state index in [1.807, 2.05) is 19.0 Å². The van der Waals surface area contributed by atoms with E-state index < -0.39 is 0 Å². The van der Waals surface area contributed by atoms with Crippen molar-refractivity contribution in [2.75, 3.05) is 14.1 Å². The molecule has 0 saturated heterocycles. The lowest BCUT2D eigenvalue weighted by atomic mass is 9.82. The van der Waals surface area contributed by atoms with Crippen molar-refractivity contribution in [3.8, 4) is 0 Å². The quantitative estimate of drug-likeness (QED) is 0.836. The molecule has 0 aliphatic heterocycles. The molecule has 0 atom stereocenters. The summed E-state index contributed by atoms with van der Waals surface area (Å²) in [6.45, 7) is 0.670. The fourth-order valence-corrected chi connectivity index (χ4v) is 2.20. The smallest absolute Gasteiger partial charge is 0.240 e. The van der Waals surface area contributed by atoms with Crippen LogP contribution in [0.25, 0.3) is 0 Å². The van der Waals surface area contributed by atoms with Crippen LogP contribution in [0.5, 0.6) is 0 Å². The average Bonchev–Trinajstić information content (AvgIpc) is 2.67. The van der Waals surface area contributed by atoms with E-state index in [4.69, 9.17) is 10.3 Å². The Morgan fingerprint density at radius 1 is 1.31 bits per heavy atom. The van der Waals surface area contributed by atoms with Crippen molar-refractivity contribution < 1.29 is 4.52 Å². The standard InChI is InChI=1S/C11H20N4O/c1-15(2)8-9-13-10(14-16-9)11(12)6-4-3-5-7-11/h3-8,12H2,1-2H3. The first-order valence-electron chi connectivity index (χ1n) is 5.87. The molecule has 0 unspecified atom stereocenters. The highest BCUT2D eigenvalue weighted by atomic mass is 16.5. The monoisotopic (exact) mass is 224 g/mol. The molecule has 1 aliphatic rings. The molecular formula is C11H20N4O. The summed E-state index contributed by atoms with van der Waals surface area (Å²) in [5, 5.41) is 4.03. The summed E-state index contributed by atoms with van der Waals surface area (Å²) in [5.74, 6) is 1.33.